The maximum Gasteiger partial charge on any atom is 0.407 e. The zero-order valence-corrected chi connectivity index (χ0v) is 15.0. The fraction of sp³-hybridized carbons (Fsp3) is 0.588. The quantitative estimate of drug-likeness (QED) is 0.874. The molecule has 122 valence electrons. The zero-order chi connectivity index (χ0) is 16.2. The van der Waals surface area contributed by atoms with Crippen LogP contribution < -0.4 is 5.32 Å². The molecule has 0 unspecified atom stereocenters. The lowest BCUT2D eigenvalue weighted by Gasteiger charge is -2.38. The first-order valence-corrected chi connectivity index (χ1v) is 8.41. The van der Waals surface area contributed by atoms with Crippen molar-refractivity contribution in [2.24, 2.45) is 0 Å². The molecule has 0 aliphatic carbocycles. The second-order valence-electron chi connectivity index (χ2n) is 6.73. The number of hydrogen-bond acceptors (Lipinski definition) is 3. The van der Waals surface area contributed by atoms with Crippen LogP contribution >= 0.6 is 15.9 Å². The van der Waals surface area contributed by atoms with Crippen LogP contribution in [0, 0.1) is 0 Å². The zero-order valence-electron chi connectivity index (χ0n) is 13.4. The summed E-state index contributed by atoms with van der Waals surface area (Å²) in [6.45, 7) is 7.56. The van der Waals surface area contributed by atoms with Crippen LogP contribution in [0.1, 0.15) is 39.2 Å². The Kier molecular flexibility index (Phi) is 5.50. The van der Waals surface area contributed by atoms with Crippen molar-refractivity contribution in [2.75, 3.05) is 19.8 Å². The van der Waals surface area contributed by atoms with E-state index in [1.807, 2.05) is 39.0 Å². The lowest BCUT2D eigenvalue weighted by atomic mass is 9.74. The van der Waals surface area contributed by atoms with E-state index in [2.05, 4.69) is 27.3 Å². The van der Waals surface area contributed by atoms with Crippen molar-refractivity contribution in [3.05, 3.63) is 34.3 Å². The summed E-state index contributed by atoms with van der Waals surface area (Å²) in [6, 6.07) is 8.19. The molecular weight excluding hydrogens is 346 g/mol. The Hall–Kier alpha value is -1.07. The van der Waals surface area contributed by atoms with Gasteiger partial charge in [0.25, 0.3) is 0 Å². The summed E-state index contributed by atoms with van der Waals surface area (Å²) in [6.07, 6.45) is 1.39. The topological polar surface area (TPSA) is 47.6 Å². The van der Waals surface area contributed by atoms with Gasteiger partial charge in [-0.05, 0) is 45.2 Å². The largest absolute Gasteiger partial charge is 0.444 e. The number of carbonyl (C=O) groups is 1. The summed E-state index contributed by atoms with van der Waals surface area (Å²) in [7, 11) is 0. The molecule has 4 nitrogen and oxygen atoms in total. The van der Waals surface area contributed by atoms with Crippen molar-refractivity contribution in [3.8, 4) is 0 Å². The van der Waals surface area contributed by atoms with E-state index in [9.17, 15) is 4.79 Å². The summed E-state index contributed by atoms with van der Waals surface area (Å²) >= 11 is 3.64. The molecule has 1 heterocycles. The predicted molar refractivity (Wildman–Crippen MR) is 90.1 cm³/mol. The fourth-order valence-electron chi connectivity index (χ4n) is 2.75. The minimum atomic E-state index is -0.486. The third-order valence-corrected chi connectivity index (χ3v) is 4.56. The number of carbonyl (C=O) groups excluding carboxylic acids is 1. The molecule has 0 aromatic heterocycles. The Morgan fingerprint density at radius 2 is 1.95 bits per heavy atom. The molecule has 1 saturated heterocycles. The number of amides is 1. The maximum atomic E-state index is 12.0. The number of rotatable bonds is 3. The Bertz CT molecular complexity index is 519. The molecular formula is C17H24BrNO3. The summed E-state index contributed by atoms with van der Waals surface area (Å²) in [5, 5.41) is 2.94. The van der Waals surface area contributed by atoms with Crippen molar-refractivity contribution >= 4 is 22.0 Å². The highest BCUT2D eigenvalue weighted by atomic mass is 79.9. The van der Waals surface area contributed by atoms with Crippen LogP contribution in [-0.4, -0.2) is 31.5 Å². The van der Waals surface area contributed by atoms with E-state index in [1.54, 1.807) is 0 Å². The van der Waals surface area contributed by atoms with Gasteiger partial charge in [-0.2, -0.15) is 0 Å². The van der Waals surface area contributed by atoms with Crippen LogP contribution in [0.25, 0.3) is 0 Å². The van der Waals surface area contributed by atoms with Crippen molar-refractivity contribution in [2.45, 2.75) is 44.6 Å². The van der Waals surface area contributed by atoms with E-state index in [0.29, 0.717) is 19.8 Å². The normalized spacial score (nSPS) is 17.8. The van der Waals surface area contributed by atoms with Gasteiger partial charge in [0.2, 0.25) is 0 Å². The summed E-state index contributed by atoms with van der Waals surface area (Å²) in [5.41, 5.74) is 0.615. The van der Waals surface area contributed by atoms with Gasteiger partial charge in [-0.3, -0.25) is 0 Å². The highest BCUT2D eigenvalue weighted by Gasteiger charge is 2.36. The minimum absolute atomic E-state index is 0.116. The molecule has 1 aliphatic heterocycles. The average Bonchev–Trinajstić information content (AvgIpc) is 2.45. The molecule has 0 spiro atoms. The first-order chi connectivity index (χ1) is 10.3. The van der Waals surface area contributed by atoms with E-state index < -0.39 is 5.60 Å². The molecule has 22 heavy (non-hydrogen) atoms. The second-order valence-corrected chi connectivity index (χ2v) is 7.58. The molecule has 5 heteroatoms. The van der Waals surface area contributed by atoms with Crippen LogP contribution in [0.3, 0.4) is 0 Å². The fourth-order valence-corrected chi connectivity index (χ4v) is 3.46. The van der Waals surface area contributed by atoms with Gasteiger partial charge in [0.15, 0.2) is 0 Å². The number of benzene rings is 1. The van der Waals surface area contributed by atoms with Crippen molar-refractivity contribution in [3.63, 3.8) is 0 Å². The van der Waals surface area contributed by atoms with E-state index in [0.717, 1.165) is 17.3 Å². The van der Waals surface area contributed by atoms with Crippen LogP contribution in [0.2, 0.25) is 0 Å². The third kappa shape index (κ3) is 4.46. The second kappa shape index (κ2) is 7.01. The van der Waals surface area contributed by atoms with Gasteiger partial charge < -0.3 is 14.8 Å². The number of hydrogen-bond donors (Lipinski definition) is 1. The molecule has 1 fully saturated rings. The van der Waals surface area contributed by atoms with Crippen LogP contribution in [0.5, 0.6) is 0 Å². The summed E-state index contributed by atoms with van der Waals surface area (Å²) in [5.74, 6) is 0. The molecule has 0 saturated carbocycles. The van der Waals surface area contributed by atoms with E-state index in [-0.39, 0.29) is 11.5 Å². The van der Waals surface area contributed by atoms with Gasteiger partial charge in [0.1, 0.15) is 5.60 Å². The molecule has 1 N–H and O–H groups in total. The highest BCUT2D eigenvalue weighted by molar-refractivity contribution is 9.10. The van der Waals surface area contributed by atoms with Crippen LogP contribution in [-0.2, 0) is 14.9 Å². The molecule has 2 rings (SSSR count). The van der Waals surface area contributed by atoms with E-state index in [1.165, 1.54) is 5.56 Å². The standard InChI is InChI=1S/C17H24BrNO3/c1-16(2,3)22-15(20)19-12-17(8-10-21-11-9-17)13-6-4-5-7-14(13)18/h4-7H,8-12H2,1-3H3,(H,19,20). The number of halogens is 1. The Labute approximate surface area is 140 Å². The number of alkyl carbamates (subject to hydrolysis) is 1. The van der Waals surface area contributed by atoms with Crippen molar-refractivity contribution in [1.82, 2.24) is 5.32 Å². The molecule has 0 radical (unpaired) electrons. The third-order valence-electron chi connectivity index (χ3n) is 3.87. The van der Waals surface area contributed by atoms with Gasteiger partial charge in [-0.25, -0.2) is 4.79 Å². The van der Waals surface area contributed by atoms with Gasteiger partial charge >= 0.3 is 6.09 Å². The molecule has 1 aliphatic rings. The Morgan fingerprint density at radius 3 is 2.55 bits per heavy atom. The summed E-state index contributed by atoms with van der Waals surface area (Å²) in [4.78, 5) is 12.0. The molecule has 1 aromatic carbocycles. The van der Waals surface area contributed by atoms with Gasteiger partial charge in [0.05, 0.1) is 0 Å². The van der Waals surface area contributed by atoms with E-state index >= 15 is 0 Å². The average molecular weight is 370 g/mol. The Morgan fingerprint density at radius 1 is 1.32 bits per heavy atom. The number of nitrogens with one attached hydrogen (secondary N) is 1. The minimum Gasteiger partial charge on any atom is -0.444 e. The van der Waals surface area contributed by atoms with E-state index in [4.69, 9.17) is 9.47 Å². The predicted octanol–water partition coefficient (Wildman–Crippen LogP) is 4.02. The number of ether oxygens (including phenoxy) is 2. The van der Waals surface area contributed by atoms with Crippen molar-refractivity contribution < 1.29 is 14.3 Å². The smallest absolute Gasteiger partial charge is 0.407 e. The lowest BCUT2D eigenvalue weighted by molar-refractivity contribution is 0.0371. The molecule has 0 atom stereocenters. The first-order valence-electron chi connectivity index (χ1n) is 7.62. The van der Waals surface area contributed by atoms with Crippen LogP contribution in [0.4, 0.5) is 4.79 Å². The Balaban J connectivity index is 2.13. The highest BCUT2D eigenvalue weighted by Crippen LogP contribution is 2.38. The molecule has 0 bridgehead atoms. The maximum absolute atomic E-state index is 12.0. The van der Waals surface area contributed by atoms with Gasteiger partial charge in [-0.15, -0.1) is 0 Å². The van der Waals surface area contributed by atoms with Crippen molar-refractivity contribution in [1.29, 1.82) is 0 Å². The SMILES string of the molecule is CC(C)(C)OC(=O)NCC1(c2ccccc2Br)CCOCC1. The molecule has 1 aromatic rings. The van der Waals surface area contributed by atoms with Crippen LogP contribution in [0.15, 0.2) is 28.7 Å². The van der Waals surface area contributed by atoms with Gasteiger partial charge in [-0.1, -0.05) is 34.1 Å². The monoisotopic (exact) mass is 369 g/mol. The summed E-state index contributed by atoms with van der Waals surface area (Å²) < 4.78 is 11.9. The van der Waals surface area contributed by atoms with Gasteiger partial charge in [0, 0.05) is 29.6 Å². The lowest BCUT2D eigenvalue weighted by Crippen LogP contribution is -2.46. The first kappa shape index (κ1) is 17.3. The molecule has 1 amide bonds.